The quantitative estimate of drug-likeness (QED) is 0.0323. The number of unbranched alkanes of at least 4 members (excludes halogenated alkanes) is 23. The van der Waals surface area contributed by atoms with Gasteiger partial charge in [-0.05, 0) is 44.9 Å². The third-order valence-electron chi connectivity index (χ3n) is 9.18. The molecule has 49 heavy (non-hydrogen) atoms. The molecule has 0 rings (SSSR count). The highest BCUT2D eigenvalue weighted by atomic mass is 32.2. The summed E-state index contributed by atoms with van der Waals surface area (Å²) >= 11 is 0. The molecule has 0 spiro atoms. The molecule has 8 nitrogen and oxygen atoms in total. The van der Waals surface area contributed by atoms with Gasteiger partial charge in [0, 0.05) is 6.61 Å². The fourth-order valence-corrected chi connectivity index (χ4v) is 8.66. The summed E-state index contributed by atoms with van der Waals surface area (Å²) < 4.78 is 49.6. The second-order valence-electron chi connectivity index (χ2n) is 14.2. The SMILES string of the molecule is CCCCCC/C=C/CCCCCCCCOC(COP(=O)(O)CCC(O)CO)CS(=O)(=O)CCCCCCCCCCCCCCCC. The van der Waals surface area contributed by atoms with Gasteiger partial charge in [-0.15, -0.1) is 0 Å². The first-order valence-corrected chi connectivity index (χ1v) is 24.0. The van der Waals surface area contributed by atoms with E-state index in [0.29, 0.717) is 13.0 Å². The van der Waals surface area contributed by atoms with Gasteiger partial charge in [0.25, 0.3) is 0 Å². The zero-order valence-corrected chi connectivity index (χ0v) is 33.6. The van der Waals surface area contributed by atoms with Crippen LogP contribution in [0.2, 0.25) is 0 Å². The maximum absolute atomic E-state index is 13.0. The number of rotatable bonds is 39. The van der Waals surface area contributed by atoms with E-state index in [1.165, 1.54) is 109 Å². The van der Waals surface area contributed by atoms with E-state index in [2.05, 4.69) is 26.0 Å². The third-order valence-corrected chi connectivity index (χ3v) is 12.3. The zero-order valence-electron chi connectivity index (χ0n) is 31.9. The van der Waals surface area contributed by atoms with Gasteiger partial charge in [-0.3, -0.25) is 4.57 Å². The fourth-order valence-electron chi connectivity index (χ4n) is 5.94. The molecule has 0 radical (unpaired) electrons. The van der Waals surface area contributed by atoms with E-state index in [1.54, 1.807) is 0 Å². The molecule has 3 atom stereocenters. The van der Waals surface area contributed by atoms with Crippen molar-refractivity contribution >= 4 is 17.4 Å². The van der Waals surface area contributed by atoms with Crippen LogP contribution in [0.4, 0.5) is 0 Å². The number of aliphatic hydroxyl groups excluding tert-OH is 2. The van der Waals surface area contributed by atoms with E-state index in [4.69, 9.17) is 14.4 Å². The van der Waals surface area contributed by atoms with E-state index < -0.39 is 36.2 Å². The second-order valence-corrected chi connectivity index (χ2v) is 18.4. The lowest BCUT2D eigenvalue weighted by Gasteiger charge is -2.21. The number of hydrogen-bond donors (Lipinski definition) is 3. The van der Waals surface area contributed by atoms with E-state index >= 15 is 0 Å². The van der Waals surface area contributed by atoms with Crippen molar-refractivity contribution in [2.45, 2.75) is 199 Å². The largest absolute Gasteiger partial charge is 0.394 e. The van der Waals surface area contributed by atoms with E-state index in [0.717, 1.165) is 51.4 Å². The van der Waals surface area contributed by atoms with Gasteiger partial charge in [-0.25, -0.2) is 8.42 Å². The summed E-state index contributed by atoms with van der Waals surface area (Å²) in [5.41, 5.74) is 0. The molecule has 0 aliphatic rings. The molecule has 0 saturated carbocycles. The highest BCUT2D eigenvalue weighted by Gasteiger charge is 2.26. The molecule has 0 heterocycles. The lowest BCUT2D eigenvalue weighted by Crippen LogP contribution is -2.30. The first-order chi connectivity index (χ1) is 23.7. The van der Waals surface area contributed by atoms with Gasteiger partial charge in [0.1, 0.15) is 0 Å². The number of sulfone groups is 1. The van der Waals surface area contributed by atoms with Gasteiger partial charge in [-0.2, -0.15) is 0 Å². The average Bonchev–Trinajstić information content (AvgIpc) is 3.07. The highest BCUT2D eigenvalue weighted by molar-refractivity contribution is 7.91. The highest BCUT2D eigenvalue weighted by Crippen LogP contribution is 2.43. The van der Waals surface area contributed by atoms with E-state index in [-0.39, 0.29) is 30.7 Å². The standard InChI is InChI=1S/C39H79O8PS/c1-3-5-7-9-11-13-15-17-19-21-23-25-27-29-32-46-39(36-47-48(42,43)33-31-38(41)35-40)37-49(44,45)34-30-28-26-24-22-20-18-16-14-12-10-8-6-4-2/h13,15,38-41H,3-12,14,16-37H2,1-2H3,(H,42,43)/b15-13+. The summed E-state index contributed by atoms with van der Waals surface area (Å²) in [5.74, 6) is -0.157. The molecule has 0 bridgehead atoms. The van der Waals surface area contributed by atoms with Crippen molar-refractivity contribution in [3.05, 3.63) is 12.2 Å². The summed E-state index contributed by atoms with van der Waals surface area (Å²) in [4.78, 5) is 10.2. The molecule has 0 fully saturated rings. The molecule has 0 aliphatic heterocycles. The van der Waals surface area contributed by atoms with E-state index in [9.17, 15) is 23.0 Å². The predicted molar refractivity (Wildman–Crippen MR) is 207 cm³/mol. The van der Waals surface area contributed by atoms with Gasteiger partial charge in [0.05, 0.1) is 43.1 Å². The van der Waals surface area contributed by atoms with Gasteiger partial charge in [0.2, 0.25) is 0 Å². The molecule has 0 amide bonds. The van der Waals surface area contributed by atoms with E-state index in [1.807, 2.05) is 0 Å². The summed E-state index contributed by atoms with van der Waals surface area (Å²) in [7, 11) is -7.48. The lowest BCUT2D eigenvalue weighted by atomic mass is 10.0. The maximum atomic E-state index is 13.0. The first-order valence-electron chi connectivity index (χ1n) is 20.4. The maximum Gasteiger partial charge on any atom is 0.328 e. The van der Waals surface area contributed by atoms with Crippen LogP contribution in [-0.2, 0) is 23.7 Å². The average molecular weight is 739 g/mol. The van der Waals surface area contributed by atoms with Crippen LogP contribution in [0.3, 0.4) is 0 Å². The molecule has 3 N–H and O–H groups in total. The van der Waals surface area contributed by atoms with Crippen LogP contribution in [-0.4, -0.2) is 73.2 Å². The van der Waals surface area contributed by atoms with Crippen molar-refractivity contribution < 1.29 is 37.3 Å². The summed E-state index contributed by atoms with van der Waals surface area (Å²) in [6.07, 6.45) is 33.2. The van der Waals surface area contributed by atoms with Crippen molar-refractivity contribution in [2.75, 3.05) is 37.5 Å². The van der Waals surface area contributed by atoms with Gasteiger partial charge < -0.3 is 24.4 Å². The molecule has 0 aromatic heterocycles. The van der Waals surface area contributed by atoms with Crippen LogP contribution < -0.4 is 0 Å². The normalized spacial score (nSPS) is 14.8. The van der Waals surface area contributed by atoms with Crippen LogP contribution in [0.5, 0.6) is 0 Å². The molecule has 3 unspecified atom stereocenters. The number of aliphatic hydroxyl groups is 2. The Kier molecular flexibility index (Phi) is 34.6. The van der Waals surface area contributed by atoms with Crippen molar-refractivity contribution in [1.82, 2.24) is 0 Å². The van der Waals surface area contributed by atoms with Crippen LogP contribution in [0.25, 0.3) is 0 Å². The van der Waals surface area contributed by atoms with Crippen molar-refractivity contribution in [3.63, 3.8) is 0 Å². The Morgan fingerprint density at radius 3 is 1.57 bits per heavy atom. The molecular formula is C39H79O8PS. The minimum Gasteiger partial charge on any atom is -0.394 e. The van der Waals surface area contributed by atoms with Crippen LogP contribution in [0.1, 0.15) is 187 Å². The number of hydrogen-bond acceptors (Lipinski definition) is 7. The van der Waals surface area contributed by atoms with Crippen LogP contribution >= 0.6 is 7.60 Å². The topological polar surface area (TPSA) is 130 Å². The summed E-state index contributed by atoms with van der Waals surface area (Å²) in [6.45, 7) is 4.06. The molecule has 10 heteroatoms. The molecule has 0 aliphatic carbocycles. The number of allylic oxidation sites excluding steroid dienone is 2. The van der Waals surface area contributed by atoms with Gasteiger partial charge in [0.15, 0.2) is 9.84 Å². The monoisotopic (exact) mass is 739 g/mol. The Morgan fingerprint density at radius 1 is 0.653 bits per heavy atom. The fraction of sp³-hybridized carbons (Fsp3) is 0.949. The van der Waals surface area contributed by atoms with Crippen molar-refractivity contribution in [3.8, 4) is 0 Å². The Bertz CT molecular complexity index is 882. The minimum absolute atomic E-state index is 0.0808. The van der Waals surface area contributed by atoms with Crippen molar-refractivity contribution in [2.24, 2.45) is 0 Å². The zero-order chi connectivity index (χ0) is 36.3. The summed E-state index contributed by atoms with van der Waals surface area (Å²) in [5, 5.41) is 18.5. The van der Waals surface area contributed by atoms with Gasteiger partial charge in [-0.1, -0.05) is 154 Å². The second kappa shape index (κ2) is 34.8. The van der Waals surface area contributed by atoms with Crippen LogP contribution in [0, 0.1) is 0 Å². The molecule has 0 aromatic rings. The summed E-state index contributed by atoms with van der Waals surface area (Å²) in [6, 6.07) is 0. The molecule has 294 valence electrons. The Labute approximate surface area is 303 Å². The Morgan fingerprint density at radius 2 is 1.08 bits per heavy atom. The third kappa shape index (κ3) is 35.9. The smallest absolute Gasteiger partial charge is 0.328 e. The van der Waals surface area contributed by atoms with Gasteiger partial charge >= 0.3 is 7.60 Å². The predicted octanol–water partition coefficient (Wildman–Crippen LogP) is 10.5. The Balaban J connectivity index is 4.36. The number of ether oxygens (including phenoxy) is 1. The first kappa shape index (κ1) is 48.7. The minimum atomic E-state index is -4.06. The van der Waals surface area contributed by atoms with Crippen LogP contribution in [0.15, 0.2) is 12.2 Å². The van der Waals surface area contributed by atoms with Crippen molar-refractivity contribution in [1.29, 1.82) is 0 Å². The lowest BCUT2D eigenvalue weighted by molar-refractivity contribution is 0.0287. The molecule has 0 aromatic carbocycles. The molecular weight excluding hydrogens is 659 g/mol. The molecule has 0 saturated heterocycles. The Hall–Kier alpha value is -0.280.